The zero-order valence-electron chi connectivity index (χ0n) is 12.2. The van der Waals surface area contributed by atoms with Gasteiger partial charge in [0.25, 0.3) is 0 Å². The van der Waals surface area contributed by atoms with E-state index in [1.54, 1.807) is 0 Å². The lowest BCUT2D eigenvalue weighted by Gasteiger charge is -2.24. The Morgan fingerprint density at radius 2 is 1.95 bits per heavy atom. The summed E-state index contributed by atoms with van der Waals surface area (Å²) in [7, 11) is 0. The van der Waals surface area contributed by atoms with Gasteiger partial charge in [0.2, 0.25) is 11.8 Å². The molecule has 1 aliphatic heterocycles. The largest absolute Gasteiger partial charge is 0.381 e. The van der Waals surface area contributed by atoms with Crippen molar-refractivity contribution >= 4 is 11.8 Å². The summed E-state index contributed by atoms with van der Waals surface area (Å²) in [4.78, 5) is 24.9. The van der Waals surface area contributed by atoms with Gasteiger partial charge in [0, 0.05) is 39.2 Å². The fourth-order valence-corrected chi connectivity index (χ4v) is 2.52. The number of nitrogens with zero attached hydrogens (tertiary/aromatic N) is 1. The third kappa shape index (κ3) is 5.46. The highest BCUT2D eigenvalue weighted by Gasteiger charge is 2.32. The minimum atomic E-state index is -0.0694. The molecule has 6 heteroatoms. The molecule has 2 amide bonds. The van der Waals surface area contributed by atoms with Gasteiger partial charge in [-0.2, -0.15) is 0 Å². The molecule has 1 saturated carbocycles. The summed E-state index contributed by atoms with van der Waals surface area (Å²) in [5, 5.41) is 5.51. The van der Waals surface area contributed by atoms with E-state index >= 15 is 0 Å². The molecule has 114 valence electrons. The van der Waals surface area contributed by atoms with Gasteiger partial charge in [0.05, 0.1) is 13.2 Å². The van der Waals surface area contributed by atoms with E-state index in [-0.39, 0.29) is 11.8 Å². The Kier molecular flexibility index (Phi) is 5.79. The van der Waals surface area contributed by atoms with Gasteiger partial charge in [0.15, 0.2) is 0 Å². The highest BCUT2D eigenvalue weighted by Crippen LogP contribution is 2.28. The predicted octanol–water partition coefficient (Wildman–Crippen LogP) is -0.260. The summed E-state index contributed by atoms with van der Waals surface area (Å²) in [6.45, 7) is 5.55. The van der Waals surface area contributed by atoms with E-state index in [0.717, 1.165) is 26.2 Å². The first-order valence-electron chi connectivity index (χ1n) is 7.48. The van der Waals surface area contributed by atoms with Crippen molar-refractivity contribution in [2.75, 3.05) is 39.4 Å². The number of hydrogen-bond donors (Lipinski definition) is 2. The quantitative estimate of drug-likeness (QED) is 0.602. The van der Waals surface area contributed by atoms with Crippen LogP contribution in [-0.4, -0.2) is 62.1 Å². The second kappa shape index (κ2) is 7.59. The molecule has 2 N–H and O–H groups in total. The van der Waals surface area contributed by atoms with E-state index in [4.69, 9.17) is 4.74 Å². The van der Waals surface area contributed by atoms with E-state index in [2.05, 4.69) is 15.5 Å². The van der Waals surface area contributed by atoms with E-state index in [1.165, 1.54) is 19.8 Å². The van der Waals surface area contributed by atoms with Gasteiger partial charge in [-0.15, -0.1) is 0 Å². The molecule has 0 spiro atoms. The topological polar surface area (TPSA) is 70.7 Å². The Balaban J connectivity index is 1.65. The van der Waals surface area contributed by atoms with Crippen LogP contribution in [0.25, 0.3) is 0 Å². The van der Waals surface area contributed by atoms with Crippen molar-refractivity contribution in [1.82, 2.24) is 15.5 Å². The molecule has 20 heavy (non-hydrogen) atoms. The monoisotopic (exact) mass is 283 g/mol. The van der Waals surface area contributed by atoms with Crippen LogP contribution in [0.15, 0.2) is 0 Å². The van der Waals surface area contributed by atoms with Gasteiger partial charge >= 0.3 is 0 Å². The molecule has 1 atom stereocenters. The first kappa shape index (κ1) is 15.3. The number of carbonyl (C=O) groups excluding carboxylic acids is 2. The summed E-state index contributed by atoms with van der Waals surface area (Å²) in [6, 6.07) is 0.580. The Morgan fingerprint density at radius 3 is 2.55 bits per heavy atom. The van der Waals surface area contributed by atoms with E-state index in [9.17, 15) is 9.59 Å². The average Bonchev–Trinajstić information content (AvgIpc) is 3.13. The van der Waals surface area contributed by atoms with Gasteiger partial charge in [-0.05, 0) is 25.2 Å². The van der Waals surface area contributed by atoms with Crippen molar-refractivity contribution in [3.63, 3.8) is 0 Å². The third-order valence-corrected chi connectivity index (χ3v) is 3.75. The molecule has 0 bridgehead atoms. The normalized spacial score (nSPS) is 22.0. The molecule has 1 heterocycles. The highest BCUT2D eigenvalue weighted by atomic mass is 16.5. The molecule has 0 unspecified atom stereocenters. The zero-order chi connectivity index (χ0) is 14.4. The molecule has 2 aliphatic rings. The summed E-state index contributed by atoms with van der Waals surface area (Å²) in [5.74, 6) is 0.545. The Bertz CT molecular complexity index is 339. The molecule has 2 fully saturated rings. The first-order valence-corrected chi connectivity index (χ1v) is 7.48. The van der Waals surface area contributed by atoms with E-state index in [1.807, 2.05) is 0 Å². The van der Waals surface area contributed by atoms with Gasteiger partial charge in [-0.3, -0.25) is 14.5 Å². The summed E-state index contributed by atoms with van der Waals surface area (Å²) in [5.41, 5.74) is 0. The number of nitrogens with one attached hydrogen (secondary N) is 2. The van der Waals surface area contributed by atoms with Crippen LogP contribution in [0.3, 0.4) is 0 Å². The lowest BCUT2D eigenvalue weighted by atomic mass is 10.1. The minimum Gasteiger partial charge on any atom is -0.381 e. The maximum Gasteiger partial charge on any atom is 0.234 e. The molecular formula is C14H25N3O3. The summed E-state index contributed by atoms with van der Waals surface area (Å²) in [6.07, 6.45) is 3.51. The van der Waals surface area contributed by atoms with E-state index < -0.39 is 0 Å². The maximum atomic E-state index is 11.9. The molecule has 0 aromatic heterocycles. The van der Waals surface area contributed by atoms with Crippen LogP contribution in [0.2, 0.25) is 0 Å². The number of rotatable bonds is 8. The van der Waals surface area contributed by atoms with Crippen molar-refractivity contribution in [1.29, 1.82) is 0 Å². The van der Waals surface area contributed by atoms with Gasteiger partial charge in [0.1, 0.15) is 0 Å². The number of carbonyl (C=O) groups is 2. The van der Waals surface area contributed by atoms with Crippen LogP contribution in [0, 0.1) is 5.92 Å². The second-order valence-corrected chi connectivity index (χ2v) is 5.72. The van der Waals surface area contributed by atoms with Crippen LogP contribution >= 0.6 is 0 Å². The maximum absolute atomic E-state index is 11.9. The first-order chi connectivity index (χ1) is 9.65. The molecule has 1 aliphatic carbocycles. The Morgan fingerprint density at radius 1 is 1.20 bits per heavy atom. The Hall–Kier alpha value is -1.14. The molecule has 0 radical (unpaired) electrons. The number of amides is 2. The summed E-state index contributed by atoms with van der Waals surface area (Å²) < 4.78 is 5.40. The Labute approximate surface area is 120 Å². The van der Waals surface area contributed by atoms with Crippen molar-refractivity contribution < 1.29 is 14.3 Å². The van der Waals surface area contributed by atoms with Gasteiger partial charge in [-0.25, -0.2) is 0 Å². The predicted molar refractivity (Wildman–Crippen MR) is 75.2 cm³/mol. The smallest absolute Gasteiger partial charge is 0.234 e. The highest BCUT2D eigenvalue weighted by molar-refractivity contribution is 5.78. The van der Waals surface area contributed by atoms with Crippen LogP contribution in [0.5, 0.6) is 0 Å². The van der Waals surface area contributed by atoms with Gasteiger partial charge < -0.3 is 15.4 Å². The SMILES string of the molecule is CC(=O)NCCNC(=O)CN(C[C@@H]1CCOC1)C1CC1. The van der Waals surface area contributed by atoms with Crippen molar-refractivity contribution in [3.8, 4) is 0 Å². The number of hydrogen-bond acceptors (Lipinski definition) is 4. The molecule has 1 saturated heterocycles. The van der Waals surface area contributed by atoms with Crippen LogP contribution in [-0.2, 0) is 14.3 Å². The standard InChI is InChI=1S/C14H25N3O3/c1-11(18)15-5-6-16-14(19)9-17(13-2-3-13)8-12-4-7-20-10-12/h12-13H,2-10H2,1H3,(H,15,18)(H,16,19)/t12-/m0/s1. The molecule has 2 rings (SSSR count). The fraction of sp³-hybridized carbons (Fsp3) is 0.857. The fourth-order valence-electron chi connectivity index (χ4n) is 2.52. The lowest BCUT2D eigenvalue weighted by Crippen LogP contribution is -2.42. The molecular weight excluding hydrogens is 258 g/mol. The van der Waals surface area contributed by atoms with Crippen molar-refractivity contribution in [2.24, 2.45) is 5.92 Å². The van der Waals surface area contributed by atoms with Crippen LogP contribution < -0.4 is 10.6 Å². The number of ether oxygens (including phenoxy) is 1. The van der Waals surface area contributed by atoms with Crippen LogP contribution in [0.1, 0.15) is 26.2 Å². The molecule has 0 aromatic rings. The third-order valence-electron chi connectivity index (χ3n) is 3.75. The minimum absolute atomic E-state index is 0.0427. The zero-order valence-corrected chi connectivity index (χ0v) is 12.2. The van der Waals surface area contributed by atoms with Gasteiger partial charge in [-0.1, -0.05) is 0 Å². The summed E-state index contributed by atoms with van der Waals surface area (Å²) >= 11 is 0. The van der Waals surface area contributed by atoms with Crippen LogP contribution in [0.4, 0.5) is 0 Å². The van der Waals surface area contributed by atoms with E-state index in [0.29, 0.717) is 31.6 Å². The lowest BCUT2D eigenvalue weighted by molar-refractivity contribution is -0.123. The van der Waals surface area contributed by atoms with Crippen molar-refractivity contribution in [2.45, 2.75) is 32.2 Å². The van der Waals surface area contributed by atoms with Crippen molar-refractivity contribution in [3.05, 3.63) is 0 Å². The average molecular weight is 283 g/mol. The second-order valence-electron chi connectivity index (χ2n) is 5.72. The molecule has 0 aromatic carbocycles. The molecule has 6 nitrogen and oxygen atoms in total.